The van der Waals surface area contributed by atoms with E-state index >= 15 is 0 Å². The molecule has 200 valence electrons. The Kier molecular flexibility index (Phi) is 8.37. The average Bonchev–Trinajstić information content (AvgIpc) is 3.35. The number of likely N-dealkylation sites (N-methyl/N-ethyl adjacent to an activating group) is 1. The van der Waals surface area contributed by atoms with Crippen molar-refractivity contribution in [2.24, 2.45) is 5.92 Å². The highest BCUT2D eigenvalue weighted by Crippen LogP contribution is 2.37. The van der Waals surface area contributed by atoms with Gasteiger partial charge in [0.25, 0.3) is 0 Å². The minimum atomic E-state index is -3.64. The van der Waals surface area contributed by atoms with Crippen molar-refractivity contribution in [3.8, 4) is 11.5 Å². The van der Waals surface area contributed by atoms with E-state index in [1.54, 1.807) is 43.4 Å². The van der Waals surface area contributed by atoms with Crippen molar-refractivity contribution in [1.82, 2.24) is 14.2 Å². The number of thiazole rings is 1. The average molecular weight is 547 g/mol. The maximum Gasteiger partial charge on any atom is 0.243 e. The van der Waals surface area contributed by atoms with Crippen LogP contribution in [0.25, 0.3) is 10.2 Å². The van der Waals surface area contributed by atoms with Crippen molar-refractivity contribution >= 4 is 42.6 Å². The number of piperidine rings is 1. The van der Waals surface area contributed by atoms with Gasteiger partial charge in [-0.25, -0.2) is 13.4 Å². The van der Waals surface area contributed by atoms with Crippen LogP contribution in [0.15, 0.2) is 41.3 Å². The normalized spacial score (nSPS) is 15.3. The summed E-state index contributed by atoms with van der Waals surface area (Å²) in [6.45, 7) is 3.78. The molecule has 1 aliphatic heterocycles. The third kappa shape index (κ3) is 5.74. The van der Waals surface area contributed by atoms with Crippen molar-refractivity contribution < 1.29 is 22.7 Å². The molecule has 0 spiro atoms. The fraction of sp³-hybridized carbons (Fsp3) is 0.462. The van der Waals surface area contributed by atoms with Crippen LogP contribution < -0.4 is 14.4 Å². The lowest BCUT2D eigenvalue weighted by atomic mass is 9.96. The Morgan fingerprint density at radius 2 is 1.73 bits per heavy atom. The number of anilines is 1. The molecule has 2 heterocycles. The molecule has 0 radical (unpaired) electrons. The molecule has 11 heteroatoms. The summed E-state index contributed by atoms with van der Waals surface area (Å²) >= 11 is 1.49. The van der Waals surface area contributed by atoms with Crippen LogP contribution in [0.3, 0.4) is 0 Å². The molecule has 1 aromatic heterocycles. The Morgan fingerprint density at radius 1 is 1.05 bits per heavy atom. The summed E-state index contributed by atoms with van der Waals surface area (Å²) in [6, 6.07) is 10.3. The van der Waals surface area contributed by atoms with Gasteiger partial charge in [0.15, 0.2) is 5.13 Å². The lowest BCUT2D eigenvalue weighted by molar-refractivity contribution is -0.123. The highest BCUT2D eigenvalue weighted by atomic mass is 32.2. The van der Waals surface area contributed by atoms with Crippen LogP contribution in [0.5, 0.6) is 11.5 Å². The summed E-state index contributed by atoms with van der Waals surface area (Å²) < 4.78 is 39.4. The Hall–Kier alpha value is -2.73. The number of amides is 1. The van der Waals surface area contributed by atoms with Crippen LogP contribution in [0.4, 0.5) is 5.13 Å². The smallest absolute Gasteiger partial charge is 0.243 e. The van der Waals surface area contributed by atoms with Crippen LogP contribution >= 0.6 is 11.3 Å². The lowest BCUT2D eigenvalue weighted by Crippen LogP contribution is -2.46. The van der Waals surface area contributed by atoms with Gasteiger partial charge in [-0.05, 0) is 69.8 Å². The Balaban J connectivity index is 1.53. The van der Waals surface area contributed by atoms with Crippen LogP contribution in [0.2, 0.25) is 0 Å². The topological polar surface area (TPSA) is 92.3 Å². The predicted octanol–water partition coefficient (Wildman–Crippen LogP) is 3.62. The van der Waals surface area contributed by atoms with Crippen LogP contribution in [-0.4, -0.2) is 83.0 Å². The number of fused-ring (bicyclic) bond motifs is 1. The van der Waals surface area contributed by atoms with Crippen LogP contribution in [-0.2, 0) is 14.8 Å². The number of benzene rings is 2. The van der Waals surface area contributed by atoms with Gasteiger partial charge >= 0.3 is 0 Å². The molecule has 1 saturated heterocycles. The molecule has 0 saturated carbocycles. The van der Waals surface area contributed by atoms with E-state index in [0.717, 1.165) is 15.8 Å². The zero-order chi connectivity index (χ0) is 26.7. The van der Waals surface area contributed by atoms with Gasteiger partial charge in [0.05, 0.1) is 23.8 Å². The van der Waals surface area contributed by atoms with Crippen molar-refractivity contribution in [1.29, 1.82) is 0 Å². The summed E-state index contributed by atoms with van der Waals surface area (Å²) in [5.74, 6) is 0.988. The second-order valence-corrected chi connectivity index (χ2v) is 12.3. The first kappa shape index (κ1) is 27.3. The largest absolute Gasteiger partial charge is 0.497 e. The third-order valence-electron chi connectivity index (χ3n) is 6.68. The summed E-state index contributed by atoms with van der Waals surface area (Å²) in [5, 5.41) is 0.641. The Morgan fingerprint density at radius 3 is 2.32 bits per heavy atom. The van der Waals surface area contributed by atoms with Crippen LogP contribution in [0, 0.1) is 12.8 Å². The van der Waals surface area contributed by atoms with E-state index in [9.17, 15) is 13.2 Å². The quantitative estimate of drug-likeness (QED) is 0.405. The van der Waals surface area contributed by atoms with E-state index in [2.05, 4.69) is 0 Å². The highest BCUT2D eigenvalue weighted by molar-refractivity contribution is 7.89. The molecule has 1 aliphatic rings. The first-order valence-corrected chi connectivity index (χ1v) is 14.5. The van der Waals surface area contributed by atoms with Gasteiger partial charge in [0.2, 0.25) is 15.9 Å². The number of aryl methyl sites for hydroxylation is 1. The second kappa shape index (κ2) is 11.3. The molecule has 37 heavy (non-hydrogen) atoms. The number of aromatic nitrogens is 1. The summed E-state index contributed by atoms with van der Waals surface area (Å²) in [5.41, 5.74) is 1.84. The SMILES string of the molecule is COc1ccc(S(=O)(=O)N2CCC(C(=O)N(CCN(C)C)c3nc4c(OC)ccc(C)c4s3)CC2)cc1. The van der Waals surface area contributed by atoms with Gasteiger partial charge in [-0.15, -0.1) is 0 Å². The van der Waals surface area contributed by atoms with Gasteiger partial charge in [-0.1, -0.05) is 17.4 Å². The third-order valence-corrected chi connectivity index (χ3v) is 9.81. The minimum absolute atomic E-state index is 0.0148. The van der Waals surface area contributed by atoms with E-state index < -0.39 is 10.0 Å². The molecule has 0 atom stereocenters. The second-order valence-electron chi connectivity index (χ2n) is 9.41. The van der Waals surface area contributed by atoms with E-state index in [4.69, 9.17) is 14.5 Å². The molecular formula is C26H34N4O5S2. The number of methoxy groups -OCH3 is 2. The standard InChI is InChI=1S/C26H34N4O5S2/c1-18-6-11-22(35-5)23-24(18)36-26(27-23)30(17-16-28(2)3)25(31)19-12-14-29(15-13-19)37(32,33)21-9-7-20(34-4)8-10-21/h6-11,19H,12-17H2,1-5H3. The highest BCUT2D eigenvalue weighted by Gasteiger charge is 2.35. The zero-order valence-electron chi connectivity index (χ0n) is 21.9. The molecule has 0 N–H and O–H groups in total. The number of rotatable bonds is 9. The molecule has 3 aromatic rings. The van der Waals surface area contributed by atoms with Gasteiger partial charge < -0.3 is 14.4 Å². The van der Waals surface area contributed by atoms with E-state index in [1.165, 1.54) is 15.6 Å². The number of hydrogen-bond donors (Lipinski definition) is 0. The molecule has 9 nitrogen and oxygen atoms in total. The van der Waals surface area contributed by atoms with Gasteiger partial charge in [-0.3, -0.25) is 9.69 Å². The van der Waals surface area contributed by atoms with Gasteiger partial charge in [-0.2, -0.15) is 4.31 Å². The fourth-order valence-electron chi connectivity index (χ4n) is 4.44. The predicted molar refractivity (Wildman–Crippen MR) is 146 cm³/mol. The molecule has 0 unspecified atom stereocenters. The fourth-order valence-corrected chi connectivity index (χ4v) is 6.99. The van der Waals surface area contributed by atoms with Gasteiger partial charge in [0, 0.05) is 32.1 Å². The number of ether oxygens (including phenoxy) is 2. The lowest BCUT2D eigenvalue weighted by Gasteiger charge is -2.33. The number of carbonyl (C=O) groups excluding carboxylic acids is 1. The Labute approximate surface area is 222 Å². The van der Waals surface area contributed by atoms with Crippen molar-refractivity contribution in [3.63, 3.8) is 0 Å². The summed E-state index contributed by atoms with van der Waals surface area (Å²) in [4.78, 5) is 22.6. The monoisotopic (exact) mass is 546 g/mol. The van der Waals surface area contributed by atoms with Crippen molar-refractivity contribution in [3.05, 3.63) is 42.0 Å². The maximum absolute atomic E-state index is 13.8. The van der Waals surface area contributed by atoms with E-state index in [0.29, 0.717) is 55.7 Å². The molecule has 0 bridgehead atoms. The van der Waals surface area contributed by atoms with E-state index in [1.807, 2.05) is 38.1 Å². The van der Waals surface area contributed by atoms with Crippen molar-refractivity contribution in [2.45, 2.75) is 24.7 Å². The molecule has 1 amide bonds. The zero-order valence-corrected chi connectivity index (χ0v) is 23.6. The summed E-state index contributed by atoms with van der Waals surface area (Å²) in [7, 11) is 3.46. The molecular weight excluding hydrogens is 512 g/mol. The summed E-state index contributed by atoms with van der Waals surface area (Å²) in [6.07, 6.45) is 0.917. The van der Waals surface area contributed by atoms with E-state index in [-0.39, 0.29) is 16.7 Å². The number of sulfonamides is 1. The first-order chi connectivity index (χ1) is 17.6. The van der Waals surface area contributed by atoms with Gasteiger partial charge in [0.1, 0.15) is 17.0 Å². The van der Waals surface area contributed by atoms with Crippen molar-refractivity contribution in [2.75, 3.05) is 59.4 Å². The minimum Gasteiger partial charge on any atom is -0.497 e. The number of hydrogen-bond acceptors (Lipinski definition) is 8. The molecule has 2 aromatic carbocycles. The number of carbonyl (C=O) groups is 1. The molecule has 4 rings (SSSR count). The molecule has 1 fully saturated rings. The first-order valence-electron chi connectivity index (χ1n) is 12.2. The van der Waals surface area contributed by atoms with Crippen LogP contribution in [0.1, 0.15) is 18.4 Å². The molecule has 0 aliphatic carbocycles. The maximum atomic E-state index is 13.8. The Bertz CT molecular complexity index is 1350. The number of nitrogens with zero attached hydrogens (tertiary/aromatic N) is 4.